The van der Waals surface area contributed by atoms with Gasteiger partial charge in [0.1, 0.15) is 5.76 Å². The van der Waals surface area contributed by atoms with Crippen molar-refractivity contribution in [2.45, 2.75) is 25.4 Å². The number of para-hydroxylation sites is 1. The highest BCUT2D eigenvalue weighted by atomic mass is 16.3. The van der Waals surface area contributed by atoms with E-state index < -0.39 is 11.5 Å². The number of anilines is 1. The van der Waals surface area contributed by atoms with Gasteiger partial charge in [0.2, 0.25) is 0 Å². The van der Waals surface area contributed by atoms with Crippen LogP contribution in [0.4, 0.5) is 5.69 Å². The molecule has 124 valence electrons. The van der Waals surface area contributed by atoms with Crippen molar-refractivity contribution in [3.8, 4) is 0 Å². The second kappa shape index (κ2) is 6.45. The summed E-state index contributed by atoms with van der Waals surface area (Å²) in [5, 5.41) is 11.0. The summed E-state index contributed by atoms with van der Waals surface area (Å²) in [6, 6.07) is 10.5. The first-order valence-corrected chi connectivity index (χ1v) is 7.94. The fraction of sp³-hybridized carbons (Fsp3) is 0.263. The number of hydrogen-bond donors (Lipinski definition) is 1. The zero-order valence-corrected chi connectivity index (χ0v) is 13.4. The molecule has 1 N–H and O–H groups in total. The topological polar surface area (TPSA) is 70.8 Å². The highest BCUT2D eigenvalue weighted by Crippen LogP contribution is 2.42. The Morgan fingerprint density at radius 2 is 2.08 bits per heavy atom. The molecule has 1 aliphatic heterocycles. The molecule has 24 heavy (non-hydrogen) atoms. The number of benzene rings is 1. The molecular formula is C19H19NO4. The first-order valence-electron chi connectivity index (χ1n) is 7.94. The molecule has 1 amide bonds. The number of allylic oxidation sites excluding steroid dienone is 1. The summed E-state index contributed by atoms with van der Waals surface area (Å²) in [4.78, 5) is 26.5. The lowest BCUT2D eigenvalue weighted by Gasteiger charge is -2.21. The summed E-state index contributed by atoms with van der Waals surface area (Å²) < 4.78 is 5.13. The van der Waals surface area contributed by atoms with E-state index in [1.807, 2.05) is 13.0 Å². The Labute approximate surface area is 140 Å². The number of carbonyl (C=O) groups excluding carboxylic acids is 2. The van der Waals surface area contributed by atoms with Gasteiger partial charge in [0.15, 0.2) is 11.4 Å². The lowest BCUT2D eigenvalue weighted by molar-refractivity contribution is -0.140. The molecule has 0 unspecified atom stereocenters. The first kappa shape index (κ1) is 16.2. The van der Waals surface area contributed by atoms with Gasteiger partial charge in [0.25, 0.3) is 5.91 Å². The van der Waals surface area contributed by atoms with Gasteiger partial charge in [-0.05, 0) is 36.8 Å². The van der Waals surface area contributed by atoms with Crippen LogP contribution in [0.3, 0.4) is 0 Å². The number of aliphatic hydroxyl groups is 1. The van der Waals surface area contributed by atoms with Crippen LogP contribution in [0.25, 0.3) is 6.08 Å². The van der Waals surface area contributed by atoms with Crippen molar-refractivity contribution in [1.82, 2.24) is 0 Å². The van der Waals surface area contributed by atoms with Gasteiger partial charge in [-0.1, -0.05) is 25.1 Å². The third-order valence-corrected chi connectivity index (χ3v) is 4.09. The quantitative estimate of drug-likeness (QED) is 0.829. The molecule has 2 heterocycles. The number of ketones is 1. The normalized spacial score (nSPS) is 19.9. The van der Waals surface area contributed by atoms with Crippen LogP contribution < -0.4 is 4.90 Å². The summed E-state index contributed by atoms with van der Waals surface area (Å²) >= 11 is 0. The number of fused-ring (bicyclic) bond motifs is 1. The van der Waals surface area contributed by atoms with Crippen molar-refractivity contribution in [1.29, 1.82) is 0 Å². The molecule has 1 atom stereocenters. The van der Waals surface area contributed by atoms with Crippen molar-refractivity contribution in [3.63, 3.8) is 0 Å². The fourth-order valence-electron chi connectivity index (χ4n) is 3.00. The molecule has 5 nitrogen and oxygen atoms in total. The lowest BCUT2D eigenvalue weighted by atomic mass is 9.90. The molecule has 5 heteroatoms. The zero-order chi connectivity index (χ0) is 17.2. The second-order valence-electron chi connectivity index (χ2n) is 5.83. The Bertz CT molecular complexity index is 778. The van der Waals surface area contributed by atoms with Crippen LogP contribution in [0.1, 0.15) is 31.1 Å². The van der Waals surface area contributed by atoms with Crippen LogP contribution in [0.15, 0.2) is 53.2 Å². The number of carbonyl (C=O) groups is 2. The summed E-state index contributed by atoms with van der Waals surface area (Å²) in [5.41, 5.74) is -0.644. The van der Waals surface area contributed by atoms with E-state index >= 15 is 0 Å². The number of rotatable bonds is 6. The SMILES string of the molecule is CCCN1C(=O)[C@@](O)(CC(=O)/C=C\c2ccco2)c2ccccc21. The average molecular weight is 325 g/mol. The fourth-order valence-corrected chi connectivity index (χ4v) is 3.00. The summed E-state index contributed by atoms with van der Waals surface area (Å²) in [7, 11) is 0. The zero-order valence-electron chi connectivity index (χ0n) is 13.4. The first-order chi connectivity index (χ1) is 11.6. The van der Waals surface area contributed by atoms with Crippen molar-refractivity contribution >= 4 is 23.5 Å². The van der Waals surface area contributed by atoms with Crippen molar-refractivity contribution in [3.05, 3.63) is 60.1 Å². The molecule has 0 spiro atoms. The van der Waals surface area contributed by atoms with E-state index in [0.29, 0.717) is 23.6 Å². The third kappa shape index (κ3) is 2.78. The van der Waals surface area contributed by atoms with E-state index in [9.17, 15) is 14.7 Å². The van der Waals surface area contributed by atoms with Gasteiger partial charge in [0.05, 0.1) is 18.4 Å². The number of amides is 1. The van der Waals surface area contributed by atoms with Crippen LogP contribution in [0.2, 0.25) is 0 Å². The van der Waals surface area contributed by atoms with Crippen LogP contribution in [0.5, 0.6) is 0 Å². The Kier molecular flexibility index (Phi) is 4.36. The predicted molar refractivity (Wildman–Crippen MR) is 90.3 cm³/mol. The molecule has 0 fully saturated rings. The van der Waals surface area contributed by atoms with Gasteiger partial charge in [-0.15, -0.1) is 0 Å². The molecular weight excluding hydrogens is 306 g/mol. The molecule has 3 rings (SSSR count). The largest absolute Gasteiger partial charge is 0.465 e. The molecule has 0 radical (unpaired) electrons. The maximum absolute atomic E-state index is 12.7. The minimum absolute atomic E-state index is 0.291. The summed E-state index contributed by atoms with van der Waals surface area (Å²) in [5.74, 6) is -0.234. The van der Waals surface area contributed by atoms with E-state index in [1.54, 1.807) is 35.2 Å². The van der Waals surface area contributed by atoms with Crippen LogP contribution >= 0.6 is 0 Å². The van der Waals surface area contributed by atoms with Gasteiger partial charge in [0, 0.05) is 12.1 Å². The Balaban J connectivity index is 1.86. The molecule has 1 aliphatic rings. The van der Waals surface area contributed by atoms with Gasteiger partial charge < -0.3 is 14.4 Å². The maximum Gasteiger partial charge on any atom is 0.264 e. The van der Waals surface area contributed by atoms with Crippen LogP contribution in [0, 0.1) is 0 Å². The van der Waals surface area contributed by atoms with E-state index in [1.165, 1.54) is 18.4 Å². The highest BCUT2D eigenvalue weighted by molar-refractivity contribution is 6.10. The molecule has 0 saturated heterocycles. The summed E-state index contributed by atoms with van der Waals surface area (Å²) in [6.07, 6.45) is 4.84. The second-order valence-corrected chi connectivity index (χ2v) is 5.83. The van der Waals surface area contributed by atoms with Crippen molar-refractivity contribution in [2.75, 3.05) is 11.4 Å². The Hall–Kier alpha value is -2.66. The number of hydrogen-bond acceptors (Lipinski definition) is 4. The van der Waals surface area contributed by atoms with Gasteiger partial charge in [-0.3, -0.25) is 9.59 Å². The maximum atomic E-state index is 12.7. The van der Waals surface area contributed by atoms with Crippen molar-refractivity contribution < 1.29 is 19.1 Å². The molecule has 1 aromatic heterocycles. The Morgan fingerprint density at radius 1 is 1.29 bits per heavy atom. The third-order valence-electron chi connectivity index (χ3n) is 4.09. The minimum atomic E-state index is -1.81. The van der Waals surface area contributed by atoms with Crippen LogP contribution in [-0.4, -0.2) is 23.3 Å². The Morgan fingerprint density at radius 3 is 2.79 bits per heavy atom. The van der Waals surface area contributed by atoms with Gasteiger partial charge in [-0.25, -0.2) is 0 Å². The average Bonchev–Trinajstić information content (AvgIpc) is 3.16. The molecule has 0 bridgehead atoms. The van der Waals surface area contributed by atoms with E-state index in [2.05, 4.69) is 0 Å². The minimum Gasteiger partial charge on any atom is -0.465 e. The summed E-state index contributed by atoms with van der Waals surface area (Å²) in [6.45, 7) is 2.47. The van der Waals surface area contributed by atoms with E-state index in [-0.39, 0.29) is 12.2 Å². The van der Waals surface area contributed by atoms with E-state index in [4.69, 9.17) is 4.42 Å². The smallest absolute Gasteiger partial charge is 0.264 e. The van der Waals surface area contributed by atoms with Gasteiger partial charge >= 0.3 is 0 Å². The molecule has 2 aromatic rings. The lowest BCUT2D eigenvalue weighted by Crippen LogP contribution is -2.41. The van der Waals surface area contributed by atoms with Gasteiger partial charge in [-0.2, -0.15) is 0 Å². The predicted octanol–water partition coefficient (Wildman–Crippen LogP) is 2.90. The molecule has 0 saturated carbocycles. The van der Waals surface area contributed by atoms with Crippen molar-refractivity contribution in [2.24, 2.45) is 0 Å². The number of furan rings is 1. The van der Waals surface area contributed by atoms with Crippen LogP contribution in [-0.2, 0) is 15.2 Å². The molecule has 0 aliphatic carbocycles. The standard InChI is InChI=1S/C19H19NO4/c1-2-11-20-17-8-4-3-7-16(17)19(23,18(20)22)13-14(21)9-10-15-6-5-12-24-15/h3-10,12,23H,2,11,13H2,1H3/b10-9-/t19-/m1/s1. The van der Waals surface area contributed by atoms with E-state index in [0.717, 1.165) is 6.42 Å². The molecule has 1 aromatic carbocycles. The highest BCUT2D eigenvalue weighted by Gasteiger charge is 2.50. The monoisotopic (exact) mass is 325 g/mol. The number of nitrogens with zero attached hydrogens (tertiary/aromatic N) is 1.